The molecule has 2 rings (SSSR count). The van der Waals surface area contributed by atoms with E-state index >= 15 is 0 Å². The first kappa shape index (κ1) is 16.0. The summed E-state index contributed by atoms with van der Waals surface area (Å²) in [7, 11) is 3.70. The number of methoxy groups -OCH3 is 1. The maximum atomic E-state index is 5.03. The summed E-state index contributed by atoms with van der Waals surface area (Å²) in [5, 5.41) is 12.5. The number of nitrogens with zero attached hydrogens (tertiary/aromatic N) is 3. The molecule has 0 aliphatic carbocycles. The SMILES string of the molecule is COCCNCc1ccc(Sc2nnc(C)n2C)cc1C. The first-order chi connectivity index (χ1) is 10.1. The number of hydrogen-bond donors (Lipinski definition) is 1. The molecule has 114 valence electrons. The van der Waals surface area contributed by atoms with Crippen molar-refractivity contribution < 1.29 is 4.74 Å². The van der Waals surface area contributed by atoms with E-state index in [-0.39, 0.29) is 0 Å². The highest BCUT2D eigenvalue weighted by Crippen LogP contribution is 2.27. The van der Waals surface area contributed by atoms with Crippen molar-refractivity contribution in [1.82, 2.24) is 20.1 Å². The van der Waals surface area contributed by atoms with Crippen molar-refractivity contribution in [1.29, 1.82) is 0 Å². The average Bonchev–Trinajstić information content (AvgIpc) is 2.77. The molecule has 1 heterocycles. The molecule has 6 heteroatoms. The molecule has 0 bridgehead atoms. The van der Waals surface area contributed by atoms with Crippen LogP contribution in [0.25, 0.3) is 0 Å². The second-order valence-corrected chi connectivity index (χ2v) is 5.99. The van der Waals surface area contributed by atoms with Gasteiger partial charge in [0.15, 0.2) is 5.16 Å². The summed E-state index contributed by atoms with van der Waals surface area (Å²) in [6.45, 7) is 6.56. The molecule has 2 aromatic rings. The molecule has 0 radical (unpaired) electrons. The quantitative estimate of drug-likeness (QED) is 0.796. The van der Waals surface area contributed by atoms with Crippen LogP contribution in [0.2, 0.25) is 0 Å². The normalized spacial score (nSPS) is 11.0. The van der Waals surface area contributed by atoms with Gasteiger partial charge in [-0.1, -0.05) is 6.07 Å². The summed E-state index contributed by atoms with van der Waals surface area (Å²) in [5.74, 6) is 0.924. The second kappa shape index (κ2) is 7.59. The Morgan fingerprint density at radius 3 is 2.71 bits per heavy atom. The van der Waals surface area contributed by atoms with Crippen molar-refractivity contribution >= 4 is 11.8 Å². The Morgan fingerprint density at radius 2 is 2.10 bits per heavy atom. The second-order valence-electron chi connectivity index (χ2n) is 4.95. The lowest BCUT2D eigenvalue weighted by molar-refractivity contribution is 0.199. The molecule has 0 unspecified atom stereocenters. The molecule has 0 saturated heterocycles. The van der Waals surface area contributed by atoms with Gasteiger partial charge in [-0.05, 0) is 48.9 Å². The number of rotatable bonds is 7. The van der Waals surface area contributed by atoms with Gasteiger partial charge in [0.25, 0.3) is 0 Å². The van der Waals surface area contributed by atoms with E-state index in [4.69, 9.17) is 4.74 Å². The Kier molecular flexibility index (Phi) is 5.78. The predicted molar refractivity (Wildman–Crippen MR) is 84.6 cm³/mol. The van der Waals surface area contributed by atoms with Gasteiger partial charge in [-0.3, -0.25) is 0 Å². The van der Waals surface area contributed by atoms with Crippen molar-refractivity contribution in [3.63, 3.8) is 0 Å². The van der Waals surface area contributed by atoms with Gasteiger partial charge in [-0.25, -0.2) is 0 Å². The summed E-state index contributed by atoms with van der Waals surface area (Å²) in [6, 6.07) is 6.50. The summed E-state index contributed by atoms with van der Waals surface area (Å²) >= 11 is 1.64. The molecule has 1 N–H and O–H groups in total. The third-order valence-electron chi connectivity index (χ3n) is 3.37. The Morgan fingerprint density at radius 1 is 1.29 bits per heavy atom. The smallest absolute Gasteiger partial charge is 0.195 e. The molecule has 1 aromatic heterocycles. The lowest BCUT2D eigenvalue weighted by Gasteiger charge is -2.09. The molecular weight excluding hydrogens is 284 g/mol. The lowest BCUT2D eigenvalue weighted by atomic mass is 10.1. The summed E-state index contributed by atoms with van der Waals surface area (Å²) < 4.78 is 7.03. The number of ether oxygens (including phenoxy) is 1. The predicted octanol–water partition coefficient (Wildman–Crippen LogP) is 2.32. The van der Waals surface area contributed by atoms with Gasteiger partial charge in [-0.15, -0.1) is 10.2 Å². The van der Waals surface area contributed by atoms with E-state index in [9.17, 15) is 0 Å². The van der Waals surface area contributed by atoms with Crippen LogP contribution in [-0.4, -0.2) is 35.0 Å². The number of hydrogen-bond acceptors (Lipinski definition) is 5. The highest BCUT2D eigenvalue weighted by atomic mass is 32.2. The van der Waals surface area contributed by atoms with Crippen LogP contribution in [0, 0.1) is 13.8 Å². The van der Waals surface area contributed by atoms with Crippen molar-refractivity contribution in [3.8, 4) is 0 Å². The van der Waals surface area contributed by atoms with E-state index < -0.39 is 0 Å². The fraction of sp³-hybridized carbons (Fsp3) is 0.467. The Bertz CT molecular complexity index is 597. The van der Waals surface area contributed by atoms with Gasteiger partial charge in [0, 0.05) is 32.1 Å². The molecular formula is C15H22N4OS. The highest BCUT2D eigenvalue weighted by Gasteiger charge is 2.08. The number of nitrogens with one attached hydrogen (secondary N) is 1. The third kappa shape index (κ3) is 4.30. The molecule has 0 saturated carbocycles. The third-order valence-corrected chi connectivity index (χ3v) is 4.40. The van der Waals surface area contributed by atoms with Crippen LogP contribution in [0.1, 0.15) is 17.0 Å². The number of aromatic nitrogens is 3. The van der Waals surface area contributed by atoms with Crippen molar-refractivity contribution in [2.45, 2.75) is 30.4 Å². The van der Waals surface area contributed by atoms with Gasteiger partial charge in [0.05, 0.1) is 6.61 Å². The first-order valence-corrected chi connectivity index (χ1v) is 7.76. The Hall–Kier alpha value is -1.37. The summed E-state index contributed by atoms with van der Waals surface area (Å²) in [4.78, 5) is 1.18. The maximum Gasteiger partial charge on any atom is 0.195 e. The highest BCUT2D eigenvalue weighted by molar-refractivity contribution is 7.99. The fourth-order valence-electron chi connectivity index (χ4n) is 1.91. The van der Waals surface area contributed by atoms with Gasteiger partial charge in [0.2, 0.25) is 0 Å². The molecule has 21 heavy (non-hydrogen) atoms. The van der Waals surface area contributed by atoms with Crippen LogP contribution in [0.15, 0.2) is 28.3 Å². The van der Waals surface area contributed by atoms with Gasteiger partial charge in [0.1, 0.15) is 5.82 Å². The monoisotopic (exact) mass is 306 g/mol. The minimum Gasteiger partial charge on any atom is -0.383 e. The van der Waals surface area contributed by atoms with Crippen LogP contribution in [0.3, 0.4) is 0 Å². The largest absolute Gasteiger partial charge is 0.383 e. The van der Waals surface area contributed by atoms with Crippen LogP contribution < -0.4 is 5.32 Å². The van der Waals surface area contributed by atoms with Crippen LogP contribution >= 0.6 is 11.8 Å². The zero-order valence-electron chi connectivity index (χ0n) is 13.0. The first-order valence-electron chi connectivity index (χ1n) is 6.95. The van der Waals surface area contributed by atoms with Gasteiger partial charge < -0.3 is 14.6 Å². The minimum absolute atomic E-state index is 0.735. The summed E-state index contributed by atoms with van der Waals surface area (Å²) in [6.07, 6.45) is 0. The number of benzene rings is 1. The van der Waals surface area contributed by atoms with Gasteiger partial charge in [-0.2, -0.15) is 0 Å². The Labute approximate surface area is 130 Å². The van der Waals surface area contributed by atoms with E-state index in [1.807, 2.05) is 18.5 Å². The van der Waals surface area contributed by atoms with E-state index in [1.165, 1.54) is 16.0 Å². The lowest BCUT2D eigenvalue weighted by Crippen LogP contribution is -2.19. The average molecular weight is 306 g/mol. The zero-order valence-corrected chi connectivity index (χ0v) is 13.8. The molecule has 0 aliphatic rings. The molecule has 1 aromatic carbocycles. The Balaban J connectivity index is 2.00. The van der Waals surface area contributed by atoms with E-state index in [0.717, 1.165) is 30.7 Å². The van der Waals surface area contributed by atoms with E-state index in [1.54, 1.807) is 18.9 Å². The molecule has 0 spiro atoms. The molecule has 0 fully saturated rings. The maximum absolute atomic E-state index is 5.03. The van der Waals surface area contributed by atoms with Gasteiger partial charge >= 0.3 is 0 Å². The van der Waals surface area contributed by atoms with Crippen molar-refractivity contribution in [3.05, 3.63) is 35.2 Å². The van der Waals surface area contributed by atoms with Crippen LogP contribution in [0.5, 0.6) is 0 Å². The zero-order chi connectivity index (χ0) is 15.2. The molecule has 5 nitrogen and oxygen atoms in total. The van der Waals surface area contributed by atoms with E-state index in [2.05, 4.69) is 40.6 Å². The van der Waals surface area contributed by atoms with Crippen molar-refractivity contribution in [2.24, 2.45) is 7.05 Å². The van der Waals surface area contributed by atoms with Crippen LogP contribution in [0.4, 0.5) is 0 Å². The topological polar surface area (TPSA) is 52.0 Å². The minimum atomic E-state index is 0.735. The van der Waals surface area contributed by atoms with E-state index in [0.29, 0.717) is 0 Å². The van der Waals surface area contributed by atoms with Crippen molar-refractivity contribution in [2.75, 3.05) is 20.3 Å². The molecule has 0 atom stereocenters. The fourth-order valence-corrected chi connectivity index (χ4v) is 2.84. The summed E-state index contributed by atoms with van der Waals surface area (Å²) in [5.41, 5.74) is 2.59. The number of aryl methyl sites for hydroxylation is 2. The van der Waals surface area contributed by atoms with Crippen LogP contribution in [-0.2, 0) is 18.3 Å². The molecule has 0 amide bonds. The molecule has 0 aliphatic heterocycles. The standard InChI is InChI=1S/C15H22N4OS/c1-11-9-14(21-15-18-17-12(2)19(15)3)6-5-13(11)10-16-7-8-20-4/h5-6,9,16H,7-8,10H2,1-4H3.